The van der Waals surface area contributed by atoms with Crippen LogP contribution in [-0.4, -0.2) is 31.4 Å². The van der Waals surface area contributed by atoms with E-state index in [0.717, 1.165) is 31.2 Å². The number of imidazole rings is 1. The first kappa shape index (κ1) is 18.0. The van der Waals surface area contributed by atoms with Crippen LogP contribution in [0.25, 0.3) is 22.5 Å². The zero-order valence-electron chi connectivity index (χ0n) is 14.6. The zero-order chi connectivity index (χ0) is 18.8. The van der Waals surface area contributed by atoms with Gasteiger partial charge in [0.05, 0.1) is 17.5 Å². The van der Waals surface area contributed by atoms with Gasteiger partial charge in [0.2, 0.25) is 5.56 Å². The summed E-state index contributed by atoms with van der Waals surface area (Å²) < 4.78 is 13.3. The van der Waals surface area contributed by atoms with Crippen LogP contribution in [0.15, 0.2) is 52.5 Å². The molecule has 4 rings (SSSR count). The molecule has 1 saturated carbocycles. The fraction of sp³-hybridized carbons (Fsp3) is 0.300. The van der Waals surface area contributed by atoms with Crippen molar-refractivity contribution in [2.45, 2.75) is 42.2 Å². The molecule has 0 bridgehead atoms. The van der Waals surface area contributed by atoms with Crippen molar-refractivity contribution in [3.05, 3.63) is 58.8 Å². The van der Waals surface area contributed by atoms with Gasteiger partial charge in [-0.1, -0.05) is 24.6 Å². The van der Waals surface area contributed by atoms with E-state index in [-0.39, 0.29) is 22.7 Å². The van der Waals surface area contributed by atoms with Gasteiger partial charge in [-0.2, -0.15) is 0 Å². The van der Waals surface area contributed by atoms with E-state index in [1.165, 1.54) is 30.0 Å². The second-order valence-corrected chi connectivity index (χ2v) is 7.95. The Labute approximate surface area is 160 Å². The Kier molecular flexibility index (Phi) is 5.13. The molecule has 3 N–H and O–H groups in total. The molecule has 3 aromatic rings. The molecule has 0 amide bonds. The predicted molar refractivity (Wildman–Crippen MR) is 104 cm³/mol. The quantitative estimate of drug-likeness (QED) is 0.635. The van der Waals surface area contributed by atoms with Gasteiger partial charge in [0.1, 0.15) is 5.82 Å². The van der Waals surface area contributed by atoms with Gasteiger partial charge in [-0.15, -0.1) is 0 Å². The van der Waals surface area contributed by atoms with Gasteiger partial charge in [0.25, 0.3) is 0 Å². The summed E-state index contributed by atoms with van der Waals surface area (Å²) in [6.45, 7) is 0. The van der Waals surface area contributed by atoms with Gasteiger partial charge in [-0.05, 0) is 43.2 Å². The monoisotopic (exact) mass is 385 g/mol. The molecule has 2 aromatic heterocycles. The van der Waals surface area contributed by atoms with Crippen molar-refractivity contribution in [1.82, 2.24) is 15.0 Å². The number of aromatic nitrogens is 3. The Morgan fingerprint density at radius 3 is 2.63 bits per heavy atom. The summed E-state index contributed by atoms with van der Waals surface area (Å²) in [5.41, 5.74) is 2.64. The highest BCUT2D eigenvalue weighted by molar-refractivity contribution is 7.99. The van der Waals surface area contributed by atoms with Crippen LogP contribution in [-0.2, 0) is 0 Å². The molecule has 5 nitrogen and oxygen atoms in total. The van der Waals surface area contributed by atoms with Crippen LogP contribution in [0.2, 0.25) is 0 Å². The summed E-state index contributed by atoms with van der Waals surface area (Å²) in [5.74, 6) is -0.313. The summed E-state index contributed by atoms with van der Waals surface area (Å²) in [7, 11) is 0. The van der Waals surface area contributed by atoms with Crippen LogP contribution in [0.3, 0.4) is 0 Å². The average molecular weight is 385 g/mol. The van der Waals surface area contributed by atoms with Gasteiger partial charge in [0, 0.05) is 28.6 Å². The van der Waals surface area contributed by atoms with Gasteiger partial charge in [-0.3, -0.25) is 4.79 Å². The molecule has 0 spiro atoms. The maximum atomic E-state index is 13.3. The highest BCUT2D eigenvalue weighted by atomic mass is 32.2. The molecule has 0 saturated heterocycles. The number of rotatable bonds is 4. The van der Waals surface area contributed by atoms with E-state index in [1.54, 1.807) is 24.4 Å². The Morgan fingerprint density at radius 2 is 1.89 bits per heavy atom. The smallest absolute Gasteiger partial charge is 0.248 e. The van der Waals surface area contributed by atoms with Gasteiger partial charge >= 0.3 is 0 Å². The van der Waals surface area contributed by atoms with Crippen molar-refractivity contribution in [2.75, 3.05) is 0 Å². The van der Waals surface area contributed by atoms with Crippen molar-refractivity contribution in [3.63, 3.8) is 0 Å². The van der Waals surface area contributed by atoms with E-state index in [9.17, 15) is 14.3 Å². The molecule has 2 atom stereocenters. The zero-order valence-corrected chi connectivity index (χ0v) is 15.4. The Balaban J connectivity index is 1.74. The topological polar surface area (TPSA) is 81.8 Å². The van der Waals surface area contributed by atoms with Crippen LogP contribution in [0.5, 0.6) is 0 Å². The van der Waals surface area contributed by atoms with E-state index >= 15 is 0 Å². The highest BCUT2D eigenvalue weighted by Gasteiger charge is 2.26. The van der Waals surface area contributed by atoms with E-state index in [0.29, 0.717) is 22.1 Å². The largest absolute Gasteiger partial charge is 0.392 e. The number of nitrogens with one attached hydrogen (secondary N) is 2. The molecule has 0 aliphatic heterocycles. The van der Waals surface area contributed by atoms with Crippen molar-refractivity contribution in [2.24, 2.45) is 0 Å². The van der Waals surface area contributed by atoms with Crippen LogP contribution >= 0.6 is 11.8 Å². The Morgan fingerprint density at radius 1 is 1.11 bits per heavy atom. The summed E-state index contributed by atoms with van der Waals surface area (Å²) in [4.78, 5) is 22.4. The first-order valence-electron chi connectivity index (χ1n) is 9.00. The minimum absolute atomic E-state index is 0.0954. The van der Waals surface area contributed by atoms with E-state index in [4.69, 9.17) is 4.98 Å². The summed E-state index contributed by atoms with van der Waals surface area (Å²) in [5, 5.41) is 11.0. The molecule has 7 heteroatoms. The number of aromatic amines is 2. The van der Waals surface area contributed by atoms with Crippen LogP contribution in [0.1, 0.15) is 25.7 Å². The standard InChI is InChI=1S/C20H20FN3O2S/c21-14-7-5-12(6-8-14)18-19(13-9-10-22-17(26)11-13)24-20(23-18)27-16-4-2-1-3-15(16)25/h5-11,15-16,25H,1-4H2,(H,22,26)(H,23,24). The first-order chi connectivity index (χ1) is 13.1. The van der Waals surface area contributed by atoms with Crippen molar-refractivity contribution in [1.29, 1.82) is 0 Å². The molecule has 1 fully saturated rings. The van der Waals surface area contributed by atoms with Crippen LogP contribution in [0, 0.1) is 5.82 Å². The summed E-state index contributed by atoms with van der Waals surface area (Å²) >= 11 is 1.53. The molecule has 1 aromatic carbocycles. The van der Waals surface area contributed by atoms with Crippen molar-refractivity contribution >= 4 is 11.8 Å². The number of H-pyrrole nitrogens is 2. The van der Waals surface area contributed by atoms with E-state index in [1.807, 2.05) is 0 Å². The van der Waals surface area contributed by atoms with Gasteiger partial charge in [0.15, 0.2) is 5.16 Å². The Bertz CT molecular complexity index is 983. The van der Waals surface area contributed by atoms with Crippen LogP contribution in [0.4, 0.5) is 4.39 Å². The van der Waals surface area contributed by atoms with E-state index in [2.05, 4.69) is 9.97 Å². The molecule has 140 valence electrons. The van der Waals surface area contributed by atoms with Crippen molar-refractivity contribution < 1.29 is 9.50 Å². The number of nitrogens with zero attached hydrogens (tertiary/aromatic N) is 1. The number of hydrogen-bond donors (Lipinski definition) is 3. The fourth-order valence-corrected chi connectivity index (χ4v) is 4.56. The van der Waals surface area contributed by atoms with Crippen LogP contribution < -0.4 is 5.56 Å². The number of hydrogen-bond acceptors (Lipinski definition) is 4. The lowest BCUT2D eigenvalue weighted by Gasteiger charge is -2.25. The van der Waals surface area contributed by atoms with Crippen molar-refractivity contribution in [3.8, 4) is 22.5 Å². The SMILES string of the molecule is O=c1cc(-c2[nH]c(SC3CCCCC3O)nc2-c2ccc(F)cc2)cc[nH]1. The average Bonchev–Trinajstić information content (AvgIpc) is 3.08. The molecular formula is C20H20FN3O2S. The highest BCUT2D eigenvalue weighted by Crippen LogP contribution is 2.37. The summed E-state index contributed by atoms with van der Waals surface area (Å²) in [6.07, 6.45) is 5.15. The predicted octanol–water partition coefficient (Wildman–Crippen LogP) is 3.97. The molecule has 27 heavy (non-hydrogen) atoms. The van der Waals surface area contributed by atoms with Gasteiger partial charge in [-0.25, -0.2) is 9.37 Å². The number of aliphatic hydroxyl groups excluding tert-OH is 1. The minimum atomic E-state index is -0.342. The van der Waals surface area contributed by atoms with E-state index < -0.39 is 0 Å². The minimum Gasteiger partial charge on any atom is -0.392 e. The molecular weight excluding hydrogens is 365 g/mol. The normalized spacial score (nSPS) is 19.9. The molecule has 1 aliphatic rings. The molecule has 2 unspecified atom stereocenters. The molecule has 1 aliphatic carbocycles. The third kappa shape index (κ3) is 3.99. The number of halogens is 1. The number of aliphatic hydroxyl groups is 1. The summed E-state index contributed by atoms with van der Waals surface area (Å²) in [6, 6.07) is 9.43. The molecule has 0 radical (unpaired) electrons. The lowest BCUT2D eigenvalue weighted by molar-refractivity contribution is 0.137. The second-order valence-electron chi connectivity index (χ2n) is 6.72. The first-order valence-corrected chi connectivity index (χ1v) is 9.88. The number of thioether (sulfide) groups is 1. The fourth-order valence-electron chi connectivity index (χ4n) is 3.39. The lowest BCUT2D eigenvalue weighted by Crippen LogP contribution is -2.26. The maximum Gasteiger partial charge on any atom is 0.248 e. The van der Waals surface area contributed by atoms with Gasteiger partial charge < -0.3 is 15.1 Å². The third-order valence-corrected chi connectivity index (χ3v) is 6.06. The maximum absolute atomic E-state index is 13.3. The second kappa shape index (κ2) is 7.70. The lowest BCUT2D eigenvalue weighted by atomic mass is 9.97. The number of pyridine rings is 1. The molecule has 2 heterocycles. The third-order valence-electron chi connectivity index (χ3n) is 4.79. The Hall–Kier alpha value is -2.38. The number of benzene rings is 1.